The Morgan fingerprint density at radius 1 is 0.909 bits per heavy atom. The van der Waals surface area contributed by atoms with Gasteiger partial charge in [0.25, 0.3) is 0 Å². The highest BCUT2D eigenvalue weighted by Gasteiger charge is 2.72. The van der Waals surface area contributed by atoms with Gasteiger partial charge >= 0.3 is 18.0 Å². The molecule has 0 radical (unpaired) electrons. The van der Waals surface area contributed by atoms with Gasteiger partial charge in [0.15, 0.2) is 0 Å². The molecule has 0 N–H and O–H groups in total. The summed E-state index contributed by atoms with van der Waals surface area (Å²) in [5, 5.41) is 0. The highest BCUT2D eigenvalue weighted by molar-refractivity contribution is 5.25. The second-order valence-electron chi connectivity index (χ2n) is 4.82. The molecule has 0 bridgehead atoms. The van der Waals surface area contributed by atoms with Gasteiger partial charge in [0.2, 0.25) is 0 Å². The molecule has 0 aliphatic heterocycles. The van der Waals surface area contributed by atoms with Gasteiger partial charge in [-0.15, -0.1) is 0 Å². The molecule has 22 heavy (non-hydrogen) atoms. The summed E-state index contributed by atoms with van der Waals surface area (Å²) in [6.07, 6.45) is -15.1. The van der Waals surface area contributed by atoms with E-state index in [9.17, 15) is 30.7 Å². The first-order chi connectivity index (χ1) is 9.96. The molecule has 0 saturated carbocycles. The number of alkyl halides is 7. The Kier molecular flexibility index (Phi) is 5.48. The van der Waals surface area contributed by atoms with E-state index in [1.165, 1.54) is 12.1 Å². The van der Waals surface area contributed by atoms with Crippen molar-refractivity contribution in [3.63, 3.8) is 0 Å². The molecule has 0 fully saturated rings. The van der Waals surface area contributed by atoms with E-state index in [0.29, 0.717) is 6.42 Å². The third-order valence-corrected chi connectivity index (χ3v) is 3.41. The molecule has 8 heteroatoms. The van der Waals surface area contributed by atoms with Crippen LogP contribution in [0.25, 0.3) is 0 Å². The van der Waals surface area contributed by atoms with Gasteiger partial charge in [-0.3, -0.25) is 0 Å². The average Bonchev–Trinajstić information content (AvgIpc) is 2.42. The van der Waals surface area contributed by atoms with Crippen molar-refractivity contribution in [2.45, 2.75) is 43.9 Å². The lowest BCUT2D eigenvalue weighted by Gasteiger charge is -2.32. The maximum atomic E-state index is 13.7. The zero-order valence-electron chi connectivity index (χ0n) is 11.9. The second kappa shape index (κ2) is 6.44. The molecule has 0 aliphatic rings. The van der Waals surface area contributed by atoms with Crippen LogP contribution in [0.5, 0.6) is 0 Å². The Balaban J connectivity index is 3.13. The van der Waals surface area contributed by atoms with Crippen molar-refractivity contribution in [2.75, 3.05) is 7.11 Å². The molecule has 1 unspecified atom stereocenters. The van der Waals surface area contributed by atoms with Crippen molar-refractivity contribution in [3.05, 3.63) is 35.4 Å². The lowest BCUT2D eigenvalue weighted by molar-refractivity contribution is -0.348. The number of hydrogen-bond acceptors (Lipinski definition) is 1. The van der Waals surface area contributed by atoms with Crippen LogP contribution >= 0.6 is 0 Å². The summed E-state index contributed by atoms with van der Waals surface area (Å²) in [4.78, 5) is 0. The summed E-state index contributed by atoms with van der Waals surface area (Å²) >= 11 is 0. The molecular formula is C14H15F7O. The first-order valence-corrected chi connectivity index (χ1v) is 6.40. The van der Waals surface area contributed by atoms with Crippen LogP contribution in [0.1, 0.15) is 30.6 Å². The highest BCUT2D eigenvalue weighted by atomic mass is 19.4. The zero-order chi connectivity index (χ0) is 17.2. The van der Waals surface area contributed by atoms with Crippen LogP contribution in [0.4, 0.5) is 30.7 Å². The number of rotatable bonds is 5. The number of aryl methyl sites for hydroxylation is 1. The summed E-state index contributed by atoms with van der Waals surface area (Å²) in [5.74, 6) is 0. The summed E-state index contributed by atoms with van der Waals surface area (Å²) in [6.45, 7) is 1.84. The lowest BCUT2D eigenvalue weighted by atomic mass is 9.92. The molecule has 1 aromatic rings. The Morgan fingerprint density at radius 3 is 1.68 bits per heavy atom. The minimum Gasteiger partial charge on any atom is -0.377 e. The van der Waals surface area contributed by atoms with Crippen LogP contribution in [0.3, 0.4) is 0 Å². The standard InChI is InChI=1S/C14H15F7O/c1-3-9-4-6-10(7-5-9)11(22-2)8-12(15,13(16,17)18)14(19,20)21/h4-7,11H,3,8H2,1-2H3. The van der Waals surface area contributed by atoms with Gasteiger partial charge in [-0.05, 0) is 17.5 Å². The fourth-order valence-electron chi connectivity index (χ4n) is 1.95. The minimum atomic E-state index is -6.08. The van der Waals surface area contributed by atoms with Crippen LogP contribution in [-0.4, -0.2) is 25.1 Å². The SMILES string of the molecule is CCc1ccc(C(CC(F)(C(F)(F)F)C(F)(F)F)OC)cc1. The van der Waals surface area contributed by atoms with Gasteiger partial charge in [-0.25, -0.2) is 4.39 Å². The molecule has 0 spiro atoms. The second-order valence-corrected chi connectivity index (χ2v) is 4.82. The van der Waals surface area contributed by atoms with Gasteiger partial charge in [-0.1, -0.05) is 31.2 Å². The summed E-state index contributed by atoms with van der Waals surface area (Å²) < 4.78 is 93.9. The minimum absolute atomic E-state index is 0.0511. The fourth-order valence-corrected chi connectivity index (χ4v) is 1.95. The third-order valence-electron chi connectivity index (χ3n) is 3.41. The number of hydrogen-bond donors (Lipinski definition) is 0. The highest BCUT2D eigenvalue weighted by Crippen LogP contribution is 2.51. The number of benzene rings is 1. The number of halogens is 7. The van der Waals surface area contributed by atoms with E-state index < -0.39 is 30.5 Å². The van der Waals surface area contributed by atoms with E-state index in [2.05, 4.69) is 4.74 Å². The zero-order valence-corrected chi connectivity index (χ0v) is 11.9. The molecule has 0 aliphatic carbocycles. The fraction of sp³-hybridized carbons (Fsp3) is 0.571. The molecule has 0 aromatic heterocycles. The Morgan fingerprint density at radius 2 is 1.36 bits per heavy atom. The van der Waals surface area contributed by atoms with Crippen molar-refractivity contribution < 1.29 is 35.5 Å². The van der Waals surface area contributed by atoms with Crippen molar-refractivity contribution in [1.82, 2.24) is 0 Å². The van der Waals surface area contributed by atoms with Crippen LogP contribution in [0.2, 0.25) is 0 Å². The predicted molar refractivity (Wildman–Crippen MR) is 66.1 cm³/mol. The van der Waals surface area contributed by atoms with Crippen LogP contribution in [-0.2, 0) is 11.2 Å². The van der Waals surface area contributed by atoms with Crippen molar-refractivity contribution in [2.24, 2.45) is 0 Å². The average molecular weight is 332 g/mol. The molecule has 126 valence electrons. The molecular weight excluding hydrogens is 317 g/mol. The van der Waals surface area contributed by atoms with Crippen LogP contribution in [0.15, 0.2) is 24.3 Å². The van der Waals surface area contributed by atoms with Crippen molar-refractivity contribution in [3.8, 4) is 0 Å². The molecule has 0 amide bonds. The Bertz CT molecular complexity index is 461. The maximum Gasteiger partial charge on any atom is 0.431 e. The van der Waals surface area contributed by atoms with E-state index in [0.717, 1.165) is 12.7 Å². The quantitative estimate of drug-likeness (QED) is 0.677. The summed E-state index contributed by atoms with van der Waals surface area (Å²) in [5.41, 5.74) is -4.43. The van der Waals surface area contributed by atoms with Gasteiger partial charge in [0.05, 0.1) is 6.10 Å². The topological polar surface area (TPSA) is 9.23 Å². The smallest absolute Gasteiger partial charge is 0.377 e. The van der Waals surface area contributed by atoms with Gasteiger partial charge in [0, 0.05) is 13.5 Å². The lowest BCUT2D eigenvalue weighted by Crippen LogP contribution is -2.54. The Labute approximate surface area is 123 Å². The molecule has 0 saturated heterocycles. The summed E-state index contributed by atoms with van der Waals surface area (Å²) in [6, 6.07) is 5.76. The van der Waals surface area contributed by atoms with E-state index in [1.54, 1.807) is 12.1 Å². The van der Waals surface area contributed by atoms with Crippen molar-refractivity contribution in [1.29, 1.82) is 0 Å². The van der Waals surface area contributed by atoms with E-state index in [1.807, 2.05) is 6.92 Å². The van der Waals surface area contributed by atoms with E-state index >= 15 is 0 Å². The third kappa shape index (κ3) is 3.71. The molecule has 1 nitrogen and oxygen atoms in total. The van der Waals surface area contributed by atoms with E-state index in [-0.39, 0.29) is 5.56 Å². The van der Waals surface area contributed by atoms with Crippen molar-refractivity contribution >= 4 is 0 Å². The largest absolute Gasteiger partial charge is 0.431 e. The van der Waals surface area contributed by atoms with Crippen LogP contribution < -0.4 is 0 Å². The first-order valence-electron chi connectivity index (χ1n) is 6.40. The summed E-state index contributed by atoms with van der Waals surface area (Å²) in [7, 11) is 0.936. The normalized spacial score (nSPS) is 15.0. The molecule has 0 heterocycles. The first kappa shape index (κ1) is 18.7. The molecule has 1 aromatic carbocycles. The van der Waals surface area contributed by atoms with Crippen LogP contribution in [0, 0.1) is 0 Å². The molecule has 1 rings (SSSR count). The number of methoxy groups -OCH3 is 1. The van der Waals surface area contributed by atoms with Gasteiger partial charge in [0.1, 0.15) is 0 Å². The Hall–Kier alpha value is -1.31. The van der Waals surface area contributed by atoms with E-state index in [4.69, 9.17) is 0 Å². The van der Waals surface area contributed by atoms with Gasteiger partial charge in [-0.2, -0.15) is 26.3 Å². The predicted octanol–water partition coefficient (Wildman–Crippen LogP) is 5.16. The number of ether oxygens (including phenoxy) is 1. The van der Waals surface area contributed by atoms with Gasteiger partial charge < -0.3 is 4.74 Å². The maximum absolute atomic E-state index is 13.7. The molecule has 1 atom stereocenters. The monoisotopic (exact) mass is 332 g/mol.